The molecule has 0 atom stereocenters. The largest absolute Gasteiger partial charge is 0.545 e. The molecule has 3 aromatic carbocycles. The molecule has 8 heteroatoms. The Morgan fingerprint density at radius 2 is 1.65 bits per heavy atom. The van der Waals surface area contributed by atoms with Crippen LogP contribution in [0.25, 0.3) is 0 Å². The van der Waals surface area contributed by atoms with Crippen molar-refractivity contribution >= 4 is 40.8 Å². The molecule has 0 unspecified atom stereocenters. The number of aromatic carboxylic acids is 1. The fraction of sp³-hybridized carbons (Fsp3) is 0.0870. The maximum atomic E-state index is 12.5. The lowest BCUT2D eigenvalue weighted by Crippen LogP contribution is -2.25. The molecular weight excluding hydrogens is 420 g/mol. The smallest absolute Gasteiger partial charge is 0.262 e. The third-order valence-corrected chi connectivity index (χ3v) is 4.67. The number of ether oxygens (including phenoxy) is 1. The van der Waals surface area contributed by atoms with Gasteiger partial charge in [0, 0.05) is 16.8 Å². The molecule has 0 aliphatic heterocycles. The van der Waals surface area contributed by atoms with Crippen molar-refractivity contribution in [1.82, 2.24) is 0 Å². The first-order chi connectivity index (χ1) is 14.8. The monoisotopic (exact) mass is 437 g/mol. The van der Waals surface area contributed by atoms with E-state index in [0.717, 1.165) is 0 Å². The predicted molar refractivity (Wildman–Crippen MR) is 115 cm³/mol. The van der Waals surface area contributed by atoms with Gasteiger partial charge in [0.25, 0.3) is 11.8 Å². The summed E-state index contributed by atoms with van der Waals surface area (Å²) in [5.74, 6) is -1.86. The number of anilines is 2. The van der Waals surface area contributed by atoms with Gasteiger partial charge >= 0.3 is 0 Å². The molecule has 0 spiro atoms. The maximum absolute atomic E-state index is 12.5. The van der Waals surface area contributed by atoms with E-state index in [1.165, 1.54) is 24.3 Å². The molecule has 7 nitrogen and oxygen atoms in total. The number of rotatable bonds is 7. The van der Waals surface area contributed by atoms with E-state index in [9.17, 15) is 19.5 Å². The number of carbonyl (C=O) groups is 3. The van der Waals surface area contributed by atoms with Gasteiger partial charge in [-0.05, 0) is 48.9 Å². The highest BCUT2D eigenvalue weighted by molar-refractivity contribution is 6.32. The van der Waals surface area contributed by atoms with Crippen LogP contribution in [0.4, 0.5) is 11.4 Å². The van der Waals surface area contributed by atoms with Crippen LogP contribution in [0.2, 0.25) is 5.02 Å². The van der Waals surface area contributed by atoms with E-state index >= 15 is 0 Å². The minimum absolute atomic E-state index is 0.116. The Labute approximate surface area is 183 Å². The van der Waals surface area contributed by atoms with Gasteiger partial charge in [0.05, 0.1) is 16.7 Å². The number of carboxylic acid groups (broad SMARTS) is 1. The third-order valence-electron chi connectivity index (χ3n) is 4.35. The first-order valence-corrected chi connectivity index (χ1v) is 9.62. The maximum Gasteiger partial charge on any atom is 0.262 e. The first-order valence-electron chi connectivity index (χ1n) is 9.24. The van der Waals surface area contributed by atoms with Crippen molar-refractivity contribution in [3.8, 4) is 5.75 Å². The van der Waals surface area contributed by atoms with Crippen LogP contribution in [0.5, 0.6) is 5.75 Å². The molecule has 0 bridgehead atoms. The minimum Gasteiger partial charge on any atom is -0.545 e. The van der Waals surface area contributed by atoms with Gasteiger partial charge in [0.2, 0.25) is 0 Å². The zero-order valence-corrected chi connectivity index (χ0v) is 17.2. The van der Waals surface area contributed by atoms with E-state index in [1.54, 1.807) is 49.4 Å². The molecule has 3 rings (SSSR count). The van der Waals surface area contributed by atoms with Crippen molar-refractivity contribution in [3.05, 3.63) is 88.4 Å². The number of carboxylic acids is 1. The number of carbonyl (C=O) groups excluding carboxylic acids is 3. The van der Waals surface area contributed by atoms with Crippen LogP contribution in [-0.4, -0.2) is 24.4 Å². The number of para-hydroxylation sites is 2. The number of hydrogen-bond donors (Lipinski definition) is 2. The Morgan fingerprint density at radius 3 is 2.35 bits per heavy atom. The Bertz CT molecular complexity index is 1150. The van der Waals surface area contributed by atoms with Gasteiger partial charge in [-0.15, -0.1) is 0 Å². The average Bonchev–Trinajstić information content (AvgIpc) is 2.74. The Morgan fingerprint density at radius 1 is 0.935 bits per heavy atom. The third kappa shape index (κ3) is 5.61. The molecular formula is C23H18ClN2O5-. The average molecular weight is 438 g/mol. The second-order valence-corrected chi connectivity index (χ2v) is 6.99. The lowest BCUT2D eigenvalue weighted by molar-refractivity contribution is -0.254. The molecule has 0 aliphatic carbocycles. The van der Waals surface area contributed by atoms with Crippen LogP contribution in [0.3, 0.4) is 0 Å². The normalized spacial score (nSPS) is 10.3. The Kier molecular flexibility index (Phi) is 6.89. The summed E-state index contributed by atoms with van der Waals surface area (Å²) in [6.07, 6.45) is 0. The quantitative estimate of drug-likeness (QED) is 0.589. The number of benzene rings is 3. The molecule has 2 N–H and O–H groups in total. The lowest BCUT2D eigenvalue weighted by atomic mass is 10.1. The fourth-order valence-electron chi connectivity index (χ4n) is 2.80. The van der Waals surface area contributed by atoms with Crippen molar-refractivity contribution in [2.75, 3.05) is 17.2 Å². The topological polar surface area (TPSA) is 108 Å². The minimum atomic E-state index is -1.39. The molecule has 0 aliphatic rings. The van der Waals surface area contributed by atoms with Crippen LogP contribution in [0.1, 0.15) is 26.3 Å². The molecule has 158 valence electrons. The fourth-order valence-corrected chi connectivity index (χ4v) is 2.99. The van der Waals surface area contributed by atoms with E-state index in [1.807, 2.05) is 0 Å². The summed E-state index contributed by atoms with van der Waals surface area (Å²) < 4.78 is 5.41. The summed E-state index contributed by atoms with van der Waals surface area (Å²) in [5, 5.41) is 16.9. The van der Waals surface area contributed by atoms with Gasteiger partial charge in [-0.25, -0.2) is 0 Å². The number of aryl methyl sites for hydroxylation is 1. The summed E-state index contributed by atoms with van der Waals surface area (Å²) in [5.41, 5.74) is 1.48. The summed E-state index contributed by atoms with van der Waals surface area (Å²) in [4.78, 5) is 35.9. The highest BCUT2D eigenvalue weighted by Crippen LogP contribution is 2.23. The molecule has 31 heavy (non-hydrogen) atoms. The molecule has 0 heterocycles. The summed E-state index contributed by atoms with van der Waals surface area (Å²) >= 11 is 5.99. The van der Waals surface area contributed by atoms with E-state index < -0.39 is 11.9 Å². The van der Waals surface area contributed by atoms with Gasteiger partial charge in [0.1, 0.15) is 5.75 Å². The predicted octanol–water partition coefficient (Wildman–Crippen LogP) is 3.28. The van der Waals surface area contributed by atoms with E-state index in [0.29, 0.717) is 27.6 Å². The number of nitrogens with one attached hydrogen (secondary N) is 2. The van der Waals surface area contributed by atoms with Gasteiger partial charge in [-0.2, -0.15) is 0 Å². The van der Waals surface area contributed by atoms with Gasteiger partial charge < -0.3 is 25.3 Å². The van der Waals surface area contributed by atoms with Gasteiger partial charge in [0.15, 0.2) is 6.61 Å². The van der Waals surface area contributed by atoms with Crippen molar-refractivity contribution in [2.45, 2.75) is 6.92 Å². The van der Waals surface area contributed by atoms with Crippen LogP contribution >= 0.6 is 11.6 Å². The van der Waals surface area contributed by atoms with E-state index in [2.05, 4.69) is 10.6 Å². The Hall–Kier alpha value is -3.84. The van der Waals surface area contributed by atoms with Crippen LogP contribution in [0, 0.1) is 6.92 Å². The lowest BCUT2D eigenvalue weighted by Gasteiger charge is -2.13. The zero-order valence-electron chi connectivity index (χ0n) is 16.5. The van der Waals surface area contributed by atoms with Gasteiger partial charge in [-0.1, -0.05) is 41.9 Å². The standard InChI is InChI=1S/C23H19ClN2O5/c1-14-12-15(22(28)26-19-8-4-2-6-16(19)23(29)30)10-11-18(14)25-21(27)13-31-20-9-5-3-7-17(20)24/h2-12H,13H2,1H3,(H,25,27)(H,26,28)(H,29,30)/p-1. The highest BCUT2D eigenvalue weighted by atomic mass is 35.5. The molecule has 3 aromatic rings. The van der Waals surface area contributed by atoms with Crippen molar-refractivity contribution in [2.24, 2.45) is 0 Å². The molecule has 0 fully saturated rings. The van der Waals surface area contributed by atoms with E-state index in [-0.39, 0.29) is 23.8 Å². The van der Waals surface area contributed by atoms with Crippen molar-refractivity contribution in [3.63, 3.8) is 0 Å². The first kappa shape index (κ1) is 21.9. The second-order valence-electron chi connectivity index (χ2n) is 6.58. The molecule has 0 saturated carbocycles. The SMILES string of the molecule is Cc1cc(C(=O)Nc2ccccc2C(=O)[O-])ccc1NC(=O)COc1ccccc1Cl. The molecule has 0 radical (unpaired) electrons. The van der Waals surface area contributed by atoms with Crippen molar-refractivity contribution in [1.29, 1.82) is 0 Å². The van der Waals surface area contributed by atoms with Crippen LogP contribution < -0.4 is 20.5 Å². The summed E-state index contributed by atoms with van der Waals surface area (Å²) in [7, 11) is 0. The summed E-state index contributed by atoms with van der Waals surface area (Å²) in [6.45, 7) is 1.50. The number of halogens is 1. The summed E-state index contributed by atoms with van der Waals surface area (Å²) in [6, 6.07) is 17.5. The number of hydrogen-bond acceptors (Lipinski definition) is 5. The van der Waals surface area contributed by atoms with E-state index in [4.69, 9.17) is 16.3 Å². The molecule has 0 saturated heterocycles. The van der Waals surface area contributed by atoms with Gasteiger partial charge in [-0.3, -0.25) is 9.59 Å². The molecule has 2 amide bonds. The van der Waals surface area contributed by atoms with Crippen LogP contribution in [-0.2, 0) is 4.79 Å². The highest BCUT2D eigenvalue weighted by Gasteiger charge is 2.13. The zero-order chi connectivity index (χ0) is 22.4. The van der Waals surface area contributed by atoms with Crippen LogP contribution in [0.15, 0.2) is 66.7 Å². The second kappa shape index (κ2) is 9.77. The number of amides is 2. The Balaban J connectivity index is 1.64. The molecule has 0 aromatic heterocycles. The van der Waals surface area contributed by atoms with Crippen molar-refractivity contribution < 1.29 is 24.2 Å².